The van der Waals surface area contributed by atoms with E-state index < -0.39 is 5.82 Å². The van der Waals surface area contributed by atoms with Crippen molar-refractivity contribution in [2.75, 3.05) is 12.4 Å². The minimum Gasteiger partial charge on any atom is -0.334 e. The molecule has 1 aliphatic rings. The van der Waals surface area contributed by atoms with E-state index in [2.05, 4.69) is 11.9 Å². The van der Waals surface area contributed by atoms with E-state index in [9.17, 15) is 9.18 Å². The molecule has 2 unspecified atom stereocenters. The lowest BCUT2D eigenvalue weighted by molar-refractivity contribution is 0.0736. The fourth-order valence-electron chi connectivity index (χ4n) is 2.19. The molecule has 2 heterocycles. The van der Waals surface area contributed by atoms with Gasteiger partial charge in [-0.2, -0.15) is 0 Å². The SMILES string of the molecule is CC1CCN(C(=O)c2cncc(F)c2)C1CCl. The highest BCUT2D eigenvalue weighted by molar-refractivity contribution is 6.18. The highest BCUT2D eigenvalue weighted by Gasteiger charge is 2.34. The zero-order valence-electron chi connectivity index (χ0n) is 9.57. The number of nitrogens with zero attached hydrogens (tertiary/aromatic N) is 2. The number of halogens is 2. The van der Waals surface area contributed by atoms with E-state index in [0.717, 1.165) is 12.6 Å². The molecule has 0 spiro atoms. The molecule has 92 valence electrons. The Morgan fingerprint density at radius 2 is 2.41 bits per heavy atom. The average Bonchev–Trinajstić information content (AvgIpc) is 2.69. The standard InChI is InChI=1S/C12H14ClFN2O/c1-8-2-3-16(11(8)5-13)12(17)9-4-10(14)7-15-6-9/h4,6-8,11H,2-3,5H2,1H3. The highest BCUT2D eigenvalue weighted by atomic mass is 35.5. The Hall–Kier alpha value is -1.16. The van der Waals surface area contributed by atoms with Crippen molar-refractivity contribution in [2.45, 2.75) is 19.4 Å². The smallest absolute Gasteiger partial charge is 0.255 e. The number of hydrogen-bond donors (Lipinski definition) is 0. The molecule has 1 aliphatic heterocycles. The number of hydrogen-bond acceptors (Lipinski definition) is 2. The number of likely N-dealkylation sites (tertiary alicyclic amines) is 1. The third-order valence-electron chi connectivity index (χ3n) is 3.25. The molecule has 0 radical (unpaired) electrons. The maximum absolute atomic E-state index is 13.0. The molecule has 0 saturated carbocycles. The molecule has 1 fully saturated rings. The average molecular weight is 257 g/mol. The zero-order valence-corrected chi connectivity index (χ0v) is 10.3. The van der Waals surface area contributed by atoms with Crippen LogP contribution in [0.4, 0.5) is 4.39 Å². The maximum Gasteiger partial charge on any atom is 0.255 e. The topological polar surface area (TPSA) is 33.2 Å². The van der Waals surface area contributed by atoms with E-state index in [1.54, 1.807) is 4.90 Å². The van der Waals surface area contributed by atoms with Crippen molar-refractivity contribution in [3.63, 3.8) is 0 Å². The predicted molar refractivity (Wildman–Crippen MR) is 63.5 cm³/mol. The zero-order chi connectivity index (χ0) is 12.4. The number of aromatic nitrogens is 1. The number of amides is 1. The van der Waals surface area contributed by atoms with Gasteiger partial charge in [0, 0.05) is 24.7 Å². The molecule has 2 rings (SSSR count). The van der Waals surface area contributed by atoms with Gasteiger partial charge in [-0.15, -0.1) is 11.6 Å². The van der Waals surface area contributed by atoms with Crippen molar-refractivity contribution in [1.82, 2.24) is 9.88 Å². The summed E-state index contributed by atoms with van der Waals surface area (Å²) in [6.45, 7) is 2.75. The van der Waals surface area contributed by atoms with Crippen molar-refractivity contribution < 1.29 is 9.18 Å². The number of carbonyl (C=O) groups is 1. The van der Waals surface area contributed by atoms with E-state index in [0.29, 0.717) is 18.3 Å². The van der Waals surface area contributed by atoms with Crippen LogP contribution < -0.4 is 0 Å². The first-order valence-electron chi connectivity index (χ1n) is 5.61. The summed E-state index contributed by atoms with van der Waals surface area (Å²) in [6.07, 6.45) is 3.41. The summed E-state index contributed by atoms with van der Waals surface area (Å²) in [5, 5.41) is 0. The number of pyridine rings is 1. The van der Waals surface area contributed by atoms with E-state index >= 15 is 0 Å². The third-order valence-corrected chi connectivity index (χ3v) is 3.57. The Morgan fingerprint density at radius 3 is 3.06 bits per heavy atom. The lowest BCUT2D eigenvalue weighted by Gasteiger charge is -2.25. The van der Waals surface area contributed by atoms with Gasteiger partial charge in [-0.1, -0.05) is 6.92 Å². The van der Waals surface area contributed by atoms with Crippen molar-refractivity contribution in [3.05, 3.63) is 29.8 Å². The van der Waals surface area contributed by atoms with Crippen molar-refractivity contribution >= 4 is 17.5 Å². The fraction of sp³-hybridized carbons (Fsp3) is 0.500. The Morgan fingerprint density at radius 1 is 1.65 bits per heavy atom. The summed E-state index contributed by atoms with van der Waals surface area (Å²) >= 11 is 5.88. The summed E-state index contributed by atoms with van der Waals surface area (Å²) < 4.78 is 13.0. The van der Waals surface area contributed by atoms with Crippen LogP contribution in [0.3, 0.4) is 0 Å². The molecule has 17 heavy (non-hydrogen) atoms. The maximum atomic E-state index is 13.0. The lowest BCUT2D eigenvalue weighted by atomic mass is 10.0. The summed E-state index contributed by atoms with van der Waals surface area (Å²) in [6, 6.07) is 1.25. The second kappa shape index (κ2) is 5.00. The monoisotopic (exact) mass is 256 g/mol. The van der Waals surface area contributed by atoms with E-state index in [1.165, 1.54) is 12.3 Å². The lowest BCUT2D eigenvalue weighted by Crippen LogP contribution is -2.38. The third kappa shape index (κ3) is 2.41. The Balaban J connectivity index is 2.20. The minimum absolute atomic E-state index is 0.0347. The summed E-state index contributed by atoms with van der Waals surface area (Å²) in [4.78, 5) is 17.6. The molecule has 1 saturated heterocycles. The van der Waals surface area contributed by atoms with Gasteiger partial charge in [-0.25, -0.2) is 4.39 Å². The van der Waals surface area contributed by atoms with Gasteiger partial charge in [0.05, 0.1) is 11.8 Å². The van der Waals surface area contributed by atoms with Crippen LogP contribution in [0.1, 0.15) is 23.7 Å². The molecule has 0 bridgehead atoms. The molecular formula is C12H14ClFN2O. The van der Waals surface area contributed by atoms with E-state index in [4.69, 9.17) is 11.6 Å². The van der Waals surface area contributed by atoms with Gasteiger partial charge in [0.25, 0.3) is 5.91 Å². The van der Waals surface area contributed by atoms with Crippen LogP contribution in [0.5, 0.6) is 0 Å². The highest BCUT2D eigenvalue weighted by Crippen LogP contribution is 2.26. The van der Waals surface area contributed by atoms with Crippen molar-refractivity contribution in [1.29, 1.82) is 0 Å². The van der Waals surface area contributed by atoms with Crippen LogP contribution >= 0.6 is 11.6 Å². The number of carbonyl (C=O) groups excluding carboxylic acids is 1. The molecule has 5 heteroatoms. The molecule has 3 nitrogen and oxygen atoms in total. The summed E-state index contributed by atoms with van der Waals surface area (Å²) in [5.74, 6) is 0.117. The fourth-order valence-corrected chi connectivity index (χ4v) is 2.66. The molecule has 1 aromatic rings. The molecule has 1 aromatic heterocycles. The first kappa shape index (κ1) is 12.3. The number of rotatable bonds is 2. The predicted octanol–water partition coefficient (Wildman–Crippen LogP) is 2.31. The Labute approximate surface area is 105 Å². The number of alkyl halides is 1. The largest absolute Gasteiger partial charge is 0.334 e. The molecular weight excluding hydrogens is 243 g/mol. The minimum atomic E-state index is -0.495. The first-order chi connectivity index (χ1) is 8.13. The molecule has 0 aliphatic carbocycles. The normalized spacial score (nSPS) is 24.1. The van der Waals surface area contributed by atoms with E-state index in [-0.39, 0.29) is 17.5 Å². The van der Waals surface area contributed by atoms with Gasteiger partial charge in [0.1, 0.15) is 5.82 Å². The van der Waals surface area contributed by atoms with Crippen molar-refractivity contribution in [3.8, 4) is 0 Å². The molecule has 0 N–H and O–H groups in total. The second-order valence-corrected chi connectivity index (χ2v) is 4.69. The summed E-state index contributed by atoms with van der Waals surface area (Å²) in [5.41, 5.74) is 0.286. The van der Waals surface area contributed by atoms with Gasteiger partial charge in [0.2, 0.25) is 0 Å². The Kier molecular flexibility index (Phi) is 3.62. The molecule has 1 amide bonds. The molecule has 2 atom stereocenters. The van der Waals surface area contributed by atoms with Gasteiger partial charge in [-0.3, -0.25) is 9.78 Å². The van der Waals surface area contributed by atoms with Crippen LogP contribution in [-0.4, -0.2) is 34.3 Å². The molecule has 0 aromatic carbocycles. The van der Waals surface area contributed by atoms with Crippen LogP contribution in [0.15, 0.2) is 18.5 Å². The van der Waals surface area contributed by atoms with Gasteiger partial charge >= 0.3 is 0 Å². The Bertz CT molecular complexity index is 427. The van der Waals surface area contributed by atoms with Crippen LogP contribution in [-0.2, 0) is 0 Å². The van der Waals surface area contributed by atoms with Gasteiger partial charge in [0.15, 0.2) is 0 Å². The van der Waals surface area contributed by atoms with Crippen LogP contribution in [0, 0.1) is 11.7 Å². The first-order valence-corrected chi connectivity index (χ1v) is 6.14. The van der Waals surface area contributed by atoms with Gasteiger partial charge < -0.3 is 4.90 Å². The second-order valence-electron chi connectivity index (χ2n) is 4.38. The van der Waals surface area contributed by atoms with Crippen molar-refractivity contribution in [2.24, 2.45) is 5.92 Å². The van der Waals surface area contributed by atoms with Crippen LogP contribution in [0.25, 0.3) is 0 Å². The quantitative estimate of drug-likeness (QED) is 0.761. The van der Waals surface area contributed by atoms with Gasteiger partial charge in [-0.05, 0) is 18.4 Å². The van der Waals surface area contributed by atoms with Crippen LogP contribution in [0.2, 0.25) is 0 Å². The summed E-state index contributed by atoms with van der Waals surface area (Å²) in [7, 11) is 0. The van der Waals surface area contributed by atoms with E-state index in [1.807, 2.05) is 0 Å².